The van der Waals surface area contributed by atoms with Crippen molar-refractivity contribution in [2.24, 2.45) is 0 Å². The van der Waals surface area contributed by atoms with Gasteiger partial charge in [0.2, 0.25) is 0 Å². The van der Waals surface area contributed by atoms with Gasteiger partial charge in [0.15, 0.2) is 5.78 Å². The zero-order chi connectivity index (χ0) is 17.4. The first-order valence-corrected chi connectivity index (χ1v) is 6.80. The predicted octanol–water partition coefficient (Wildman–Crippen LogP) is 1.17. The Morgan fingerprint density at radius 3 is 2.65 bits per heavy atom. The smallest absolute Gasteiger partial charge is 0.322 e. The topological polar surface area (TPSA) is 127 Å². The number of hydrogen-bond acceptors (Lipinski definition) is 5. The van der Waals surface area contributed by atoms with Crippen molar-refractivity contribution in [3.63, 3.8) is 0 Å². The maximum atomic E-state index is 12.5. The van der Waals surface area contributed by atoms with Crippen molar-refractivity contribution in [3.8, 4) is 6.07 Å². The molecule has 0 saturated carbocycles. The van der Waals surface area contributed by atoms with Gasteiger partial charge in [-0.25, -0.2) is 0 Å². The molecule has 3 N–H and O–H groups in total. The van der Waals surface area contributed by atoms with Gasteiger partial charge in [-0.1, -0.05) is 17.7 Å². The van der Waals surface area contributed by atoms with Gasteiger partial charge in [-0.3, -0.25) is 14.4 Å². The number of hydrogen-bond donors (Lipinski definition) is 3. The van der Waals surface area contributed by atoms with E-state index in [4.69, 9.17) is 16.7 Å². The Balaban J connectivity index is 2.64. The molecular formula is C15H11ClN2O5. The Hall–Kier alpha value is -2.85. The maximum Gasteiger partial charge on any atom is 0.322 e. The molecule has 0 aromatic heterocycles. The summed E-state index contributed by atoms with van der Waals surface area (Å²) in [4.78, 5) is 35.1. The molecule has 1 aromatic carbocycles. The molecular weight excluding hydrogens is 324 g/mol. The summed E-state index contributed by atoms with van der Waals surface area (Å²) < 4.78 is 0. The minimum atomic E-state index is -1.69. The lowest BCUT2D eigenvalue weighted by Gasteiger charge is -2.29. The summed E-state index contributed by atoms with van der Waals surface area (Å²) >= 11 is 5.86. The van der Waals surface area contributed by atoms with Gasteiger partial charge >= 0.3 is 5.97 Å². The van der Waals surface area contributed by atoms with E-state index in [-0.39, 0.29) is 16.1 Å². The molecule has 1 aromatic rings. The number of nitrogens with zero attached hydrogens (tertiary/aromatic N) is 1. The molecule has 0 fully saturated rings. The van der Waals surface area contributed by atoms with Crippen LogP contribution >= 0.6 is 11.6 Å². The predicted molar refractivity (Wildman–Crippen MR) is 79.6 cm³/mol. The fourth-order valence-electron chi connectivity index (χ4n) is 2.33. The van der Waals surface area contributed by atoms with Crippen LogP contribution in [0.4, 0.5) is 0 Å². The van der Waals surface area contributed by atoms with Crippen LogP contribution < -0.4 is 5.32 Å². The average molecular weight is 335 g/mol. The van der Waals surface area contributed by atoms with Gasteiger partial charge in [0, 0.05) is 10.6 Å². The molecule has 0 bridgehead atoms. The highest BCUT2D eigenvalue weighted by molar-refractivity contribution is 6.32. The number of Topliss-reactive ketones (excluding diaryl/α,β-unsaturated/α-hetero) is 1. The summed E-state index contributed by atoms with van der Waals surface area (Å²) in [6.45, 7) is 0.591. The highest BCUT2D eigenvalue weighted by Crippen LogP contribution is 2.40. The van der Waals surface area contributed by atoms with Gasteiger partial charge in [-0.2, -0.15) is 5.26 Å². The molecule has 0 heterocycles. The number of halogens is 1. The standard InChI is InChI=1S/C15H11ClN2O5/c1-15(6-17)9-3-2-7(16)4-8(9)12(21)11(13(15)22)14(23)18-5-10(19)20/h2-4,21H,5H2,1H3,(H,18,23)(H,19,20). The third kappa shape index (κ3) is 2.64. The first-order valence-electron chi connectivity index (χ1n) is 6.42. The van der Waals surface area contributed by atoms with Crippen molar-refractivity contribution in [2.75, 3.05) is 6.54 Å². The third-order valence-electron chi connectivity index (χ3n) is 3.54. The normalized spacial score (nSPS) is 19.8. The van der Waals surface area contributed by atoms with Crippen molar-refractivity contribution in [2.45, 2.75) is 12.3 Å². The van der Waals surface area contributed by atoms with Gasteiger partial charge in [0.05, 0.1) is 6.07 Å². The first-order chi connectivity index (χ1) is 10.7. The van der Waals surface area contributed by atoms with E-state index in [0.717, 1.165) is 0 Å². The number of benzene rings is 1. The van der Waals surface area contributed by atoms with Gasteiger partial charge in [-0.15, -0.1) is 0 Å². The minimum absolute atomic E-state index is 0.0848. The number of fused-ring (bicyclic) bond motifs is 1. The lowest BCUT2D eigenvalue weighted by Crippen LogP contribution is -2.43. The molecule has 8 heteroatoms. The fourth-order valence-corrected chi connectivity index (χ4v) is 2.50. The monoisotopic (exact) mass is 334 g/mol. The number of aliphatic hydroxyl groups excluding tert-OH is 1. The van der Waals surface area contributed by atoms with Gasteiger partial charge in [0.1, 0.15) is 23.3 Å². The van der Waals surface area contributed by atoms with Gasteiger partial charge in [-0.05, 0) is 24.6 Å². The number of rotatable bonds is 3. The summed E-state index contributed by atoms with van der Waals surface area (Å²) in [5.74, 6) is -3.92. The highest BCUT2D eigenvalue weighted by atomic mass is 35.5. The number of amides is 1. The van der Waals surface area contributed by atoms with Crippen LogP contribution in [0.5, 0.6) is 0 Å². The largest absolute Gasteiger partial charge is 0.506 e. The number of ketones is 1. The van der Waals surface area contributed by atoms with Crippen LogP contribution in [-0.4, -0.2) is 34.4 Å². The van der Waals surface area contributed by atoms with Crippen LogP contribution in [0.3, 0.4) is 0 Å². The number of nitrogens with one attached hydrogen (secondary N) is 1. The van der Waals surface area contributed by atoms with Gasteiger partial charge < -0.3 is 15.5 Å². The van der Waals surface area contributed by atoms with Crippen LogP contribution in [0.15, 0.2) is 23.8 Å². The van der Waals surface area contributed by atoms with E-state index in [1.165, 1.54) is 25.1 Å². The van der Waals surface area contributed by atoms with Crippen molar-refractivity contribution >= 4 is 35.0 Å². The number of aliphatic carboxylic acids is 1. The van der Waals surface area contributed by atoms with Crippen molar-refractivity contribution in [1.29, 1.82) is 5.26 Å². The summed E-state index contributed by atoms with van der Waals surface area (Å²) in [5, 5.41) is 30.5. The SMILES string of the molecule is CC1(C#N)C(=O)C(C(=O)NCC(=O)O)=C(O)c2cc(Cl)ccc21. The molecule has 2 rings (SSSR count). The molecule has 7 nitrogen and oxygen atoms in total. The number of nitriles is 1. The minimum Gasteiger partial charge on any atom is -0.506 e. The zero-order valence-corrected chi connectivity index (χ0v) is 12.6. The summed E-state index contributed by atoms with van der Waals surface area (Å²) in [7, 11) is 0. The number of carbonyl (C=O) groups excluding carboxylic acids is 2. The summed E-state index contributed by atoms with van der Waals surface area (Å²) in [5.41, 5.74) is -2.05. The van der Waals surface area contributed by atoms with E-state index in [0.29, 0.717) is 0 Å². The summed E-state index contributed by atoms with van der Waals surface area (Å²) in [6.07, 6.45) is 0. The molecule has 1 aliphatic rings. The van der Waals surface area contributed by atoms with Crippen molar-refractivity contribution < 1.29 is 24.6 Å². The van der Waals surface area contributed by atoms with Crippen molar-refractivity contribution in [3.05, 3.63) is 39.9 Å². The quantitative estimate of drug-likeness (QED) is 0.712. The molecule has 1 amide bonds. The second-order valence-corrected chi connectivity index (χ2v) is 5.49. The van der Waals surface area contributed by atoms with Crippen LogP contribution in [0.2, 0.25) is 5.02 Å². The number of carbonyl (C=O) groups is 3. The molecule has 1 atom stereocenters. The van der Waals surface area contributed by atoms with E-state index in [1.807, 2.05) is 11.4 Å². The Bertz CT molecular complexity index is 809. The number of carboxylic acid groups (broad SMARTS) is 1. The Morgan fingerprint density at radius 1 is 1.43 bits per heavy atom. The van der Waals surface area contributed by atoms with Crippen LogP contribution in [0, 0.1) is 11.3 Å². The molecule has 0 saturated heterocycles. The molecule has 0 spiro atoms. The molecule has 0 aliphatic heterocycles. The average Bonchev–Trinajstić information content (AvgIpc) is 2.50. The fraction of sp³-hybridized carbons (Fsp3) is 0.200. The van der Waals surface area contributed by atoms with Crippen LogP contribution in [0.1, 0.15) is 18.1 Å². The highest BCUT2D eigenvalue weighted by Gasteiger charge is 2.47. The van der Waals surface area contributed by atoms with Crippen molar-refractivity contribution in [1.82, 2.24) is 5.32 Å². The van der Waals surface area contributed by atoms with E-state index >= 15 is 0 Å². The maximum absolute atomic E-state index is 12.5. The first kappa shape index (κ1) is 16.5. The Kier molecular flexibility index (Phi) is 4.12. The third-order valence-corrected chi connectivity index (χ3v) is 3.78. The van der Waals surface area contributed by atoms with Crippen LogP contribution in [0.25, 0.3) is 5.76 Å². The van der Waals surface area contributed by atoms with Crippen LogP contribution in [-0.2, 0) is 19.8 Å². The Morgan fingerprint density at radius 2 is 2.09 bits per heavy atom. The molecule has 118 valence electrons. The molecule has 1 unspecified atom stereocenters. The molecule has 0 radical (unpaired) electrons. The molecule has 1 aliphatic carbocycles. The second kappa shape index (κ2) is 5.74. The van der Waals surface area contributed by atoms with E-state index in [9.17, 15) is 24.8 Å². The number of carboxylic acids is 1. The zero-order valence-electron chi connectivity index (χ0n) is 11.9. The van der Waals surface area contributed by atoms with Gasteiger partial charge in [0.25, 0.3) is 5.91 Å². The summed E-state index contributed by atoms with van der Waals surface area (Å²) in [6, 6.07) is 6.07. The second-order valence-electron chi connectivity index (χ2n) is 5.06. The lowest BCUT2D eigenvalue weighted by atomic mass is 9.70. The number of aliphatic hydroxyl groups is 1. The van der Waals surface area contributed by atoms with E-state index in [1.54, 1.807) is 0 Å². The Labute approximate surface area is 135 Å². The van der Waals surface area contributed by atoms with E-state index in [2.05, 4.69) is 0 Å². The van der Waals surface area contributed by atoms with E-state index < -0.39 is 41.0 Å². The lowest BCUT2D eigenvalue weighted by molar-refractivity contribution is -0.137. The molecule has 23 heavy (non-hydrogen) atoms.